The molecule has 4 rings (SSSR count). The van der Waals surface area contributed by atoms with Gasteiger partial charge in [-0.05, 0) is 22.8 Å². The van der Waals surface area contributed by atoms with E-state index >= 15 is 0 Å². The third kappa shape index (κ3) is 0.816. The van der Waals surface area contributed by atoms with E-state index in [0.29, 0.717) is 6.42 Å². The summed E-state index contributed by atoms with van der Waals surface area (Å²) in [4.78, 5) is 0. The van der Waals surface area contributed by atoms with Gasteiger partial charge < -0.3 is 4.74 Å². The van der Waals surface area contributed by atoms with Crippen molar-refractivity contribution in [2.45, 2.75) is 18.4 Å². The highest BCUT2D eigenvalue weighted by atomic mass is 19.2. The van der Waals surface area contributed by atoms with Gasteiger partial charge in [0.15, 0.2) is 0 Å². The SMILES string of the molecule is FC12OC1C=CC1=C2Cc2ccccc21. The van der Waals surface area contributed by atoms with Gasteiger partial charge in [0.25, 0.3) is 5.85 Å². The number of rotatable bonds is 0. The van der Waals surface area contributed by atoms with Crippen LogP contribution in [0.2, 0.25) is 0 Å². The first-order chi connectivity index (χ1) is 7.29. The number of hydrogen-bond acceptors (Lipinski definition) is 1. The van der Waals surface area contributed by atoms with Crippen molar-refractivity contribution in [1.82, 2.24) is 0 Å². The molecule has 0 amide bonds. The minimum atomic E-state index is -1.48. The van der Waals surface area contributed by atoms with Gasteiger partial charge in [-0.1, -0.05) is 30.3 Å². The van der Waals surface area contributed by atoms with E-state index in [0.717, 1.165) is 16.7 Å². The molecule has 1 heterocycles. The smallest absolute Gasteiger partial charge is 0.263 e. The first kappa shape index (κ1) is 7.83. The molecule has 1 fully saturated rings. The molecule has 0 aromatic heterocycles. The number of epoxide rings is 1. The Morgan fingerprint density at radius 1 is 1.33 bits per heavy atom. The van der Waals surface area contributed by atoms with Crippen LogP contribution in [-0.2, 0) is 11.2 Å². The van der Waals surface area contributed by atoms with Gasteiger partial charge >= 0.3 is 0 Å². The van der Waals surface area contributed by atoms with Crippen LogP contribution in [0.5, 0.6) is 0 Å². The number of alkyl halides is 1. The lowest BCUT2D eigenvalue weighted by atomic mass is 9.96. The molecule has 74 valence electrons. The van der Waals surface area contributed by atoms with Crippen LogP contribution < -0.4 is 0 Å². The summed E-state index contributed by atoms with van der Waals surface area (Å²) in [6.07, 6.45) is 4.19. The monoisotopic (exact) mass is 200 g/mol. The average molecular weight is 200 g/mol. The maximum atomic E-state index is 14.1. The van der Waals surface area contributed by atoms with Crippen molar-refractivity contribution in [2.75, 3.05) is 0 Å². The van der Waals surface area contributed by atoms with Gasteiger partial charge in [-0.3, -0.25) is 0 Å². The minimum Gasteiger partial charge on any atom is -0.326 e. The first-order valence-electron chi connectivity index (χ1n) is 5.16. The molecule has 1 nitrogen and oxygen atoms in total. The normalized spacial score (nSPS) is 34.9. The summed E-state index contributed by atoms with van der Waals surface area (Å²) in [5.41, 5.74) is 4.22. The van der Waals surface area contributed by atoms with Crippen LogP contribution in [-0.4, -0.2) is 12.0 Å². The van der Waals surface area contributed by atoms with Crippen molar-refractivity contribution in [3.63, 3.8) is 0 Å². The maximum Gasteiger partial charge on any atom is 0.263 e. The Morgan fingerprint density at radius 2 is 2.20 bits per heavy atom. The molecule has 2 aliphatic carbocycles. The fourth-order valence-electron chi connectivity index (χ4n) is 2.62. The average Bonchev–Trinajstić information content (AvgIpc) is 2.80. The number of hydrogen-bond donors (Lipinski definition) is 0. The lowest BCUT2D eigenvalue weighted by Gasteiger charge is -2.09. The summed E-state index contributed by atoms with van der Waals surface area (Å²) in [6, 6.07) is 8.10. The highest BCUT2D eigenvalue weighted by Gasteiger charge is 2.62. The fourth-order valence-corrected chi connectivity index (χ4v) is 2.62. The zero-order chi connectivity index (χ0) is 10.0. The van der Waals surface area contributed by atoms with Crippen LogP contribution in [0.25, 0.3) is 5.57 Å². The van der Waals surface area contributed by atoms with E-state index < -0.39 is 5.85 Å². The van der Waals surface area contributed by atoms with Gasteiger partial charge in [0.2, 0.25) is 0 Å². The van der Waals surface area contributed by atoms with Crippen molar-refractivity contribution < 1.29 is 9.13 Å². The van der Waals surface area contributed by atoms with Gasteiger partial charge in [0.05, 0.1) is 0 Å². The van der Waals surface area contributed by atoms with E-state index in [9.17, 15) is 4.39 Å². The Hall–Kier alpha value is -1.41. The van der Waals surface area contributed by atoms with Gasteiger partial charge in [-0.15, -0.1) is 0 Å². The molecule has 1 saturated heterocycles. The second-order valence-electron chi connectivity index (χ2n) is 4.27. The van der Waals surface area contributed by atoms with Gasteiger partial charge in [0.1, 0.15) is 6.10 Å². The Kier molecular flexibility index (Phi) is 1.16. The van der Waals surface area contributed by atoms with Crippen LogP contribution in [0.1, 0.15) is 11.1 Å². The van der Waals surface area contributed by atoms with Crippen molar-refractivity contribution in [2.24, 2.45) is 0 Å². The summed E-state index contributed by atoms with van der Waals surface area (Å²) >= 11 is 0. The molecule has 0 radical (unpaired) electrons. The second-order valence-corrected chi connectivity index (χ2v) is 4.27. The van der Waals surface area contributed by atoms with E-state index in [2.05, 4.69) is 6.07 Å². The maximum absolute atomic E-state index is 14.1. The van der Waals surface area contributed by atoms with Crippen molar-refractivity contribution in [3.8, 4) is 0 Å². The second kappa shape index (κ2) is 2.22. The third-order valence-electron chi connectivity index (χ3n) is 3.46. The minimum absolute atomic E-state index is 0.328. The third-order valence-corrected chi connectivity index (χ3v) is 3.46. The Bertz CT molecular complexity index is 529. The quantitative estimate of drug-likeness (QED) is 0.586. The molecular formula is C13H9FO. The van der Waals surface area contributed by atoms with Crippen molar-refractivity contribution in [1.29, 1.82) is 0 Å². The summed E-state index contributed by atoms with van der Waals surface area (Å²) in [7, 11) is 0. The van der Waals surface area contributed by atoms with E-state index in [1.165, 1.54) is 5.56 Å². The summed E-state index contributed by atoms with van der Waals surface area (Å²) in [5.74, 6) is -1.48. The van der Waals surface area contributed by atoms with Crippen LogP contribution in [0.4, 0.5) is 4.39 Å². The van der Waals surface area contributed by atoms with Crippen LogP contribution in [0.3, 0.4) is 0 Å². The molecule has 1 aliphatic heterocycles. The molecule has 15 heavy (non-hydrogen) atoms. The number of fused-ring (bicyclic) bond motifs is 4. The first-order valence-corrected chi connectivity index (χ1v) is 5.16. The van der Waals surface area contributed by atoms with Crippen molar-refractivity contribution in [3.05, 3.63) is 53.1 Å². The highest BCUT2D eigenvalue weighted by molar-refractivity contribution is 5.86. The van der Waals surface area contributed by atoms with E-state index in [1.54, 1.807) is 0 Å². The molecule has 1 aromatic carbocycles. The van der Waals surface area contributed by atoms with Crippen LogP contribution in [0.15, 0.2) is 42.0 Å². The molecule has 2 heteroatoms. The topological polar surface area (TPSA) is 12.5 Å². The zero-order valence-corrected chi connectivity index (χ0v) is 8.03. The molecule has 0 bridgehead atoms. The van der Waals surface area contributed by atoms with Crippen LogP contribution >= 0.6 is 0 Å². The largest absolute Gasteiger partial charge is 0.326 e. The lowest BCUT2D eigenvalue weighted by molar-refractivity contribution is 0.178. The molecule has 2 atom stereocenters. The zero-order valence-electron chi connectivity index (χ0n) is 8.03. The fraction of sp³-hybridized carbons (Fsp3) is 0.231. The number of halogens is 1. The number of allylic oxidation sites excluding steroid dienone is 2. The summed E-state index contributed by atoms with van der Waals surface area (Å²) < 4.78 is 19.2. The molecule has 0 spiro atoms. The lowest BCUT2D eigenvalue weighted by Crippen LogP contribution is -2.14. The Morgan fingerprint density at radius 3 is 3.13 bits per heavy atom. The number of benzene rings is 1. The van der Waals surface area contributed by atoms with Crippen molar-refractivity contribution >= 4 is 5.57 Å². The van der Waals surface area contributed by atoms with Gasteiger partial charge in [0, 0.05) is 12.0 Å². The molecule has 0 saturated carbocycles. The molecule has 1 aromatic rings. The Balaban J connectivity index is 1.95. The van der Waals surface area contributed by atoms with Gasteiger partial charge in [-0.2, -0.15) is 0 Å². The van der Waals surface area contributed by atoms with E-state index in [-0.39, 0.29) is 6.10 Å². The molecular weight excluding hydrogens is 191 g/mol. The number of ether oxygens (including phenoxy) is 1. The van der Waals surface area contributed by atoms with E-state index in [1.807, 2.05) is 30.4 Å². The predicted octanol–water partition coefficient (Wildman–Crippen LogP) is 2.63. The Labute approximate surface area is 86.9 Å². The van der Waals surface area contributed by atoms with E-state index in [4.69, 9.17) is 4.74 Å². The highest BCUT2D eigenvalue weighted by Crippen LogP contribution is 2.54. The standard InChI is InChI=1S/C13H9FO/c14-13-11-7-8-3-1-2-4-9(8)10(11)5-6-12(13)15-13/h1-6,12H,7H2. The molecule has 0 N–H and O–H groups in total. The summed E-state index contributed by atoms with van der Waals surface area (Å²) in [5, 5.41) is 0. The predicted molar refractivity (Wildman–Crippen MR) is 54.9 cm³/mol. The molecule has 3 aliphatic rings. The van der Waals surface area contributed by atoms with Gasteiger partial charge in [-0.25, -0.2) is 4.39 Å². The molecule has 2 unspecified atom stereocenters. The summed E-state index contributed by atoms with van der Waals surface area (Å²) in [6.45, 7) is 0. The van der Waals surface area contributed by atoms with Crippen LogP contribution in [0, 0.1) is 0 Å².